The van der Waals surface area contributed by atoms with Crippen LogP contribution in [0.5, 0.6) is 11.5 Å². The summed E-state index contributed by atoms with van der Waals surface area (Å²) in [5.41, 5.74) is 0.834. The van der Waals surface area contributed by atoms with Crippen LogP contribution in [0.3, 0.4) is 0 Å². The van der Waals surface area contributed by atoms with Crippen molar-refractivity contribution in [2.45, 2.75) is 41.5 Å². The van der Waals surface area contributed by atoms with Gasteiger partial charge in [-0.15, -0.1) is 11.8 Å². The summed E-state index contributed by atoms with van der Waals surface area (Å²) < 4.78 is 61.1. The number of halogens is 2. The van der Waals surface area contributed by atoms with Crippen molar-refractivity contribution in [3.05, 3.63) is 42.1 Å². The SMILES string of the molecule is COc1cc(CSc2ccc(S(=O)(=O)N3CCCCC3)cn2)ccc1OC(F)F. The van der Waals surface area contributed by atoms with Gasteiger partial charge >= 0.3 is 6.61 Å². The van der Waals surface area contributed by atoms with Crippen molar-refractivity contribution in [1.82, 2.24) is 9.29 Å². The van der Waals surface area contributed by atoms with Gasteiger partial charge in [0.05, 0.1) is 12.1 Å². The van der Waals surface area contributed by atoms with Gasteiger partial charge in [0.15, 0.2) is 11.5 Å². The second-order valence-corrected chi connectivity index (χ2v) is 9.38. The first kappa shape index (κ1) is 21.8. The lowest BCUT2D eigenvalue weighted by molar-refractivity contribution is -0.0512. The molecule has 0 atom stereocenters. The summed E-state index contributed by atoms with van der Waals surface area (Å²) in [7, 11) is -2.12. The minimum Gasteiger partial charge on any atom is -0.493 e. The number of methoxy groups -OCH3 is 1. The van der Waals surface area contributed by atoms with E-state index < -0.39 is 16.6 Å². The Balaban J connectivity index is 1.64. The zero-order valence-electron chi connectivity index (χ0n) is 15.9. The van der Waals surface area contributed by atoms with Crippen molar-refractivity contribution in [3.63, 3.8) is 0 Å². The van der Waals surface area contributed by atoms with Crippen molar-refractivity contribution < 1.29 is 26.7 Å². The maximum Gasteiger partial charge on any atom is 0.387 e. The molecule has 2 heterocycles. The summed E-state index contributed by atoms with van der Waals surface area (Å²) in [4.78, 5) is 4.45. The normalized spacial score (nSPS) is 15.4. The van der Waals surface area contributed by atoms with E-state index in [2.05, 4.69) is 9.72 Å². The largest absolute Gasteiger partial charge is 0.493 e. The number of thioether (sulfide) groups is 1. The highest BCUT2D eigenvalue weighted by Crippen LogP contribution is 2.32. The van der Waals surface area contributed by atoms with Gasteiger partial charge in [0.2, 0.25) is 10.0 Å². The molecule has 1 fully saturated rings. The minimum absolute atomic E-state index is 0.0263. The molecule has 6 nitrogen and oxygen atoms in total. The Morgan fingerprint density at radius 3 is 2.52 bits per heavy atom. The molecule has 1 aliphatic rings. The molecule has 0 bridgehead atoms. The zero-order chi connectivity index (χ0) is 20.9. The van der Waals surface area contributed by atoms with Crippen molar-refractivity contribution in [3.8, 4) is 11.5 Å². The molecular weight excluding hydrogens is 422 g/mol. The summed E-state index contributed by atoms with van der Waals surface area (Å²) in [5.74, 6) is 0.706. The van der Waals surface area contributed by atoms with Gasteiger partial charge in [-0.25, -0.2) is 13.4 Å². The Morgan fingerprint density at radius 2 is 1.90 bits per heavy atom. The van der Waals surface area contributed by atoms with E-state index in [1.807, 2.05) is 0 Å². The number of piperidine rings is 1. The van der Waals surface area contributed by atoms with Crippen molar-refractivity contribution >= 4 is 21.8 Å². The van der Waals surface area contributed by atoms with Crippen LogP contribution in [-0.4, -0.2) is 44.5 Å². The number of hydrogen-bond acceptors (Lipinski definition) is 6. The maximum atomic E-state index is 12.7. The van der Waals surface area contributed by atoms with E-state index in [0.717, 1.165) is 24.8 Å². The molecule has 1 aromatic carbocycles. The summed E-state index contributed by atoms with van der Waals surface area (Å²) in [6.07, 6.45) is 4.20. The predicted molar refractivity (Wildman–Crippen MR) is 106 cm³/mol. The van der Waals surface area contributed by atoms with Gasteiger partial charge < -0.3 is 9.47 Å². The Hall–Kier alpha value is -1.91. The van der Waals surface area contributed by atoms with E-state index in [9.17, 15) is 17.2 Å². The maximum absolute atomic E-state index is 12.7. The highest BCUT2D eigenvalue weighted by atomic mass is 32.2. The molecule has 3 rings (SSSR count). The number of aromatic nitrogens is 1. The third-order valence-electron chi connectivity index (χ3n) is 4.49. The lowest BCUT2D eigenvalue weighted by Crippen LogP contribution is -2.35. The first-order valence-electron chi connectivity index (χ1n) is 9.11. The molecule has 0 amide bonds. The Kier molecular flexibility index (Phi) is 7.31. The molecule has 0 N–H and O–H groups in total. The molecule has 0 spiro atoms. The van der Waals surface area contributed by atoms with Gasteiger partial charge in [-0.3, -0.25) is 0 Å². The number of ether oxygens (including phenoxy) is 2. The molecule has 10 heteroatoms. The molecule has 0 saturated carbocycles. The van der Waals surface area contributed by atoms with Crippen LogP contribution in [0, 0.1) is 0 Å². The summed E-state index contributed by atoms with van der Waals surface area (Å²) in [6, 6.07) is 7.97. The van der Waals surface area contributed by atoms with Crippen LogP contribution in [0.4, 0.5) is 8.78 Å². The zero-order valence-corrected chi connectivity index (χ0v) is 17.5. The molecule has 1 aromatic heterocycles. The lowest BCUT2D eigenvalue weighted by atomic mass is 10.2. The topological polar surface area (TPSA) is 68.7 Å². The van der Waals surface area contributed by atoms with E-state index in [0.29, 0.717) is 23.9 Å². The molecule has 29 heavy (non-hydrogen) atoms. The monoisotopic (exact) mass is 444 g/mol. The Labute approximate surface area is 173 Å². The first-order chi connectivity index (χ1) is 13.9. The van der Waals surface area contributed by atoms with Gasteiger partial charge in [0.25, 0.3) is 0 Å². The first-order valence-corrected chi connectivity index (χ1v) is 11.5. The molecule has 158 valence electrons. The summed E-state index contributed by atoms with van der Waals surface area (Å²) in [5, 5.41) is 0.662. The molecular formula is C19H22F2N2O4S2. The van der Waals surface area contributed by atoms with Crippen LogP contribution in [0.1, 0.15) is 24.8 Å². The fourth-order valence-electron chi connectivity index (χ4n) is 3.01. The lowest BCUT2D eigenvalue weighted by Gasteiger charge is -2.25. The molecule has 2 aromatic rings. The number of benzene rings is 1. The van der Waals surface area contributed by atoms with Gasteiger partial charge in [0.1, 0.15) is 4.90 Å². The van der Waals surface area contributed by atoms with Gasteiger partial charge in [-0.2, -0.15) is 13.1 Å². The van der Waals surface area contributed by atoms with Crippen molar-refractivity contribution in [1.29, 1.82) is 0 Å². The van der Waals surface area contributed by atoms with Crippen LogP contribution in [0.2, 0.25) is 0 Å². The van der Waals surface area contributed by atoms with Crippen molar-refractivity contribution in [2.75, 3.05) is 20.2 Å². The quantitative estimate of drug-likeness (QED) is 0.570. The summed E-state index contributed by atoms with van der Waals surface area (Å²) in [6.45, 7) is -1.83. The molecule has 0 unspecified atom stereocenters. The standard InChI is InChI=1S/C19H22F2N2O4S2/c1-26-17-11-14(5-7-16(17)27-19(20)21)13-28-18-8-6-15(12-22-18)29(24,25)23-9-3-2-4-10-23/h5-8,11-12,19H,2-4,9-10,13H2,1H3. The van der Waals surface area contributed by atoms with E-state index in [1.54, 1.807) is 24.3 Å². The average Bonchev–Trinajstić information content (AvgIpc) is 2.73. The number of hydrogen-bond donors (Lipinski definition) is 0. The van der Waals surface area contributed by atoms with E-state index >= 15 is 0 Å². The Morgan fingerprint density at radius 1 is 1.14 bits per heavy atom. The van der Waals surface area contributed by atoms with Crippen molar-refractivity contribution in [2.24, 2.45) is 0 Å². The fourth-order valence-corrected chi connectivity index (χ4v) is 5.26. The van der Waals surface area contributed by atoms with Gasteiger partial charge in [-0.05, 0) is 42.7 Å². The predicted octanol–water partition coefficient (Wildman–Crippen LogP) is 4.16. The number of pyridine rings is 1. The van der Waals surface area contributed by atoms with Gasteiger partial charge in [0, 0.05) is 25.0 Å². The Bertz CT molecular complexity index is 918. The second kappa shape index (κ2) is 9.73. The van der Waals surface area contributed by atoms with Crippen LogP contribution in [0.25, 0.3) is 0 Å². The number of sulfonamides is 1. The van der Waals surface area contributed by atoms with Crippen LogP contribution >= 0.6 is 11.8 Å². The number of rotatable bonds is 8. The van der Waals surface area contributed by atoms with E-state index in [1.165, 1.54) is 35.4 Å². The molecule has 0 radical (unpaired) electrons. The van der Waals surface area contributed by atoms with Crippen LogP contribution in [0.15, 0.2) is 46.5 Å². The smallest absolute Gasteiger partial charge is 0.387 e. The number of nitrogens with zero attached hydrogens (tertiary/aromatic N) is 2. The van der Waals surface area contributed by atoms with E-state index in [4.69, 9.17) is 4.74 Å². The highest BCUT2D eigenvalue weighted by molar-refractivity contribution is 7.98. The highest BCUT2D eigenvalue weighted by Gasteiger charge is 2.26. The third-order valence-corrected chi connectivity index (χ3v) is 7.39. The molecule has 1 aliphatic heterocycles. The molecule has 0 aliphatic carbocycles. The number of alkyl halides is 2. The average molecular weight is 445 g/mol. The van der Waals surface area contributed by atoms with Gasteiger partial charge in [-0.1, -0.05) is 12.5 Å². The van der Waals surface area contributed by atoms with Crippen LogP contribution in [-0.2, 0) is 15.8 Å². The third kappa shape index (κ3) is 5.58. The van der Waals surface area contributed by atoms with Crippen LogP contribution < -0.4 is 9.47 Å². The second-order valence-electron chi connectivity index (χ2n) is 6.45. The van der Waals surface area contributed by atoms with E-state index in [-0.39, 0.29) is 16.4 Å². The molecule has 1 saturated heterocycles. The minimum atomic E-state index is -3.50. The fraction of sp³-hybridized carbons (Fsp3) is 0.421. The summed E-state index contributed by atoms with van der Waals surface area (Å²) >= 11 is 1.40.